The van der Waals surface area contributed by atoms with Gasteiger partial charge in [0.15, 0.2) is 12.4 Å². The minimum Gasteiger partial charge on any atom is -0.477 e. The second kappa shape index (κ2) is 7.40. The number of carbonyl (C=O) groups excluding carboxylic acids is 1. The van der Waals surface area contributed by atoms with Crippen molar-refractivity contribution in [1.82, 2.24) is 5.32 Å². The summed E-state index contributed by atoms with van der Waals surface area (Å²) in [6.07, 6.45) is 0. The van der Waals surface area contributed by atoms with Crippen LogP contribution in [0.3, 0.4) is 0 Å². The Bertz CT molecular complexity index is 715. The summed E-state index contributed by atoms with van der Waals surface area (Å²) in [5, 5.41) is 13.7. The summed E-state index contributed by atoms with van der Waals surface area (Å²) in [4.78, 5) is 22.3. The molecular weight excluding hydrogens is 296 g/mol. The Hall–Kier alpha value is -2.89. The van der Waals surface area contributed by atoms with Crippen molar-refractivity contribution in [3.63, 3.8) is 0 Å². The zero-order chi connectivity index (χ0) is 16.8. The number of nitro groups is 1. The third-order valence-electron chi connectivity index (χ3n) is 3.45. The highest BCUT2D eigenvalue weighted by Gasteiger charge is 2.16. The minimum atomic E-state index is -0.539. The number of para-hydroxylation sites is 2. The molecule has 0 aromatic heterocycles. The summed E-state index contributed by atoms with van der Waals surface area (Å²) in [6, 6.07) is 13.6. The Labute approximate surface area is 134 Å². The van der Waals surface area contributed by atoms with Crippen molar-refractivity contribution in [2.24, 2.45) is 0 Å². The molecule has 0 spiro atoms. The number of nitrogens with zero attached hydrogens (tertiary/aromatic N) is 1. The Morgan fingerprint density at radius 3 is 2.57 bits per heavy atom. The van der Waals surface area contributed by atoms with Crippen LogP contribution >= 0.6 is 0 Å². The van der Waals surface area contributed by atoms with E-state index in [1.165, 1.54) is 12.1 Å². The molecule has 23 heavy (non-hydrogen) atoms. The zero-order valence-electron chi connectivity index (χ0n) is 13.0. The molecule has 2 aromatic carbocycles. The Kier molecular flexibility index (Phi) is 5.30. The van der Waals surface area contributed by atoms with Crippen LogP contribution in [-0.4, -0.2) is 17.4 Å². The van der Waals surface area contributed by atoms with E-state index in [1.54, 1.807) is 12.1 Å². The Morgan fingerprint density at radius 2 is 1.87 bits per heavy atom. The lowest BCUT2D eigenvalue weighted by Crippen LogP contribution is -2.31. The molecule has 0 bridgehead atoms. The molecule has 6 heteroatoms. The molecule has 0 heterocycles. The molecule has 6 nitrogen and oxygen atoms in total. The van der Waals surface area contributed by atoms with Crippen LogP contribution in [0.1, 0.15) is 24.1 Å². The smallest absolute Gasteiger partial charge is 0.310 e. The largest absolute Gasteiger partial charge is 0.477 e. The lowest BCUT2D eigenvalue weighted by Gasteiger charge is -2.16. The van der Waals surface area contributed by atoms with E-state index in [1.807, 2.05) is 38.1 Å². The van der Waals surface area contributed by atoms with Crippen LogP contribution in [0.5, 0.6) is 5.75 Å². The highest BCUT2D eigenvalue weighted by Crippen LogP contribution is 2.25. The first-order valence-electron chi connectivity index (χ1n) is 7.20. The van der Waals surface area contributed by atoms with Gasteiger partial charge in [0.25, 0.3) is 5.91 Å². The summed E-state index contributed by atoms with van der Waals surface area (Å²) < 4.78 is 5.27. The minimum absolute atomic E-state index is 0.0798. The molecule has 2 rings (SSSR count). The van der Waals surface area contributed by atoms with Crippen molar-refractivity contribution in [2.75, 3.05) is 6.61 Å². The van der Waals surface area contributed by atoms with E-state index in [-0.39, 0.29) is 30.0 Å². The maximum atomic E-state index is 12.0. The highest BCUT2D eigenvalue weighted by atomic mass is 16.6. The number of hydrogen-bond acceptors (Lipinski definition) is 4. The fraction of sp³-hybridized carbons (Fsp3) is 0.235. The van der Waals surface area contributed by atoms with E-state index in [2.05, 4.69) is 5.32 Å². The van der Waals surface area contributed by atoms with Crippen molar-refractivity contribution in [3.8, 4) is 5.75 Å². The number of benzene rings is 2. The molecule has 120 valence electrons. The molecular formula is C17H18N2O4. The number of hydrogen-bond donors (Lipinski definition) is 1. The lowest BCUT2D eigenvalue weighted by molar-refractivity contribution is -0.385. The molecule has 0 radical (unpaired) electrons. The van der Waals surface area contributed by atoms with Gasteiger partial charge < -0.3 is 10.1 Å². The average molecular weight is 314 g/mol. The van der Waals surface area contributed by atoms with E-state index in [0.29, 0.717) is 0 Å². The van der Waals surface area contributed by atoms with Crippen LogP contribution < -0.4 is 10.1 Å². The van der Waals surface area contributed by atoms with Gasteiger partial charge in [-0.05, 0) is 31.0 Å². The molecule has 2 aromatic rings. The van der Waals surface area contributed by atoms with Gasteiger partial charge in [-0.1, -0.05) is 36.4 Å². The van der Waals surface area contributed by atoms with Gasteiger partial charge in [0, 0.05) is 6.07 Å². The number of amides is 1. The molecule has 1 N–H and O–H groups in total. The number of carbonyl (C=O) groups is 1. The van der Waals surface area contributed by atoms with Crippen LogP contribution in [0.4, 0.5) is 5.69 Å². The fourth-order valence-corrected chi connectivity index (χ4v) is 2.31. The van der Waals surface area contributed by atoms with Gasteiger partial charge in [0.1, 0.15) is 0 Å². The van der Waals surface area contributed by atoms with Gasteiger partial charge in [-0.25, -0.2) is 0 Å². The third kappa shape index (κ3) is 4.29. The first-order valence-corrected chi connectivity index (χ1v) is 7.20. The maximum Gasteiger partial charge on any atom is 0.310 e. The van der Waals surface area contributed by atoms with Crippen molar-refractivity contribution in [3.05, 3.63) is 69.8 Å². The predicted molar refractivity (Wildman–Crippen MR) is 86.3 cm³/mol. The second-order valence-corrected chi connectivity index (χ2v) is 5.16. The van der Waals surface area contributed by atoms with Crippen molar-refractivity contribution in [1.29, 1.82) is 0 Å². The topological polar surface area (TPSA) is 81.5 Å². The monoisotopic (exact) mass is 314 g/mol. The quantitative estimate of drug-likeness (QED) is 0.656. The van der Waals surface area contributed by atoms with Gasteiger partial charge in [-0.3, -0.25) is 14.9 Å². The van der Waals surface area contributed by atoms with Crippen molar-refractivity contribution in [2.45, 2.75) is 19.9 Å². The van der Waals surface area contributed by atoms with E-state index in [4.69, 9.17) is 4.74 Å². The normalized spacial score (nSPS) is 11.6. The maximum absolute atomic E-state index is 12.0. The van der Waals surface area contributed by atoms with Gasteiger partial charge in [-0.2, -0.15) is 0 Å². The summed E-state index contributed by atoms with van der Waals surface area (Å²) in [7, 11) is 0. The molecule has 1 unspecified atom stereocenters. The van der Waals surface area contributed by atoms with Gasteiger partial charge in [0.05, 0.1) is 11.0 Å². The van der Waals surface area contributed by atoms with Crippen LogP contribution in [0.15, 0.2) is 48.5 Å². The van der Waals surface area contributed by atoms with Gasteiger partial charge >= 0.3 is 5.69 Å². The molecule has 0 saturated heterocycles. The van der Waals surface area contributed by atoms with Crippen LogP contribution in [-0.2, 0) is 4.79 Å². The molecule has 0 aliphatic carbocycles. The summed E-state index contributed by atoms with van der Waals surface area (Å²) >= 11 is 0. The third-order valence-corrected chi connectivity index (χ3v) is 3.45. The highest BCUT2D eigenvalue weighted by molar-refractivity contribution is 5.78. The van der Waals surface area contributed by atoms with Crippen molar-refractivity contribution >= 4 is 11.6 Å². The number of ether oxygens (including phenoxy) is 1. The predicted octanol–water partition coefficient (Wildman–Crippen LogP) is 3.16. The Balaban J connectivity index is 1.96. The van der Waals surface area contributed by atoms with Gasteiger partial charge in [-0.15, -0.1) is 0 Å². The molecule has 1 atom stereocenters. The average Bonchev–Trinajstić information content (AvgIpc) is 2.53. The zero-order valence-corrected chi connectivity index (χ0v) is 13.0. The summed E-state index contributed by atoms with van der Waals surface area (Å²) in [5.41, 5.74) is 1.94. The second-order valence-electron chi connectivity index (χ2n) is 5.16. The van der Waals surface area contributed by atoms with Crippen LogP contribution in [0.25, 0.3) is 0 Å². The fourth-order valence-electron chi connectivity index (χ4n) is 2.31. The van der Waals surface area contributed by atoms with Crippen LogP contribution in [0, 0.1) is 17.0 Å². The van der Waals surface area contributed by atoms with E-state index < -0.39 is 4.92 Å². The van der Waals surface area contributed by atoms with E-state index >= 15 is 0 Å². The van der Waals surface area contributed by atoms with Crippen LogP contribution in [0.2, 0.25) is 0 Å². The molecule has 1 amide bonds. The van der Waals surface area contributed by atoms with Crippen molar-refractivity contribution < 1.29 is 14.5 Å². The molecule has 0 saturated carbocycles. The molecule has 0 aliphatic rings. The number of aryl methyl sites for hydroxylation is 1. The number of nitro benzene ring substituents is 1. The number of rotatable bonds is 6. The Morgan fingerprint density at radius 1 is 1.22 bits per heavy atom. The number of nitrogens with one attached hydrogen (secondary N) is 1. The lowest BCUT2D eigenvalue weighted by atomic mass is 10.0. The summed E-state index contributed by atoms with van der Waals surface area (Å²) in [5.74, 6) is -0.255. The van der Waals surface area contributed by atoms with E-state index in [0.717, 1.165) is 11.1 Å². The first kappa shape index (κ1) is 16.5. The SMILES string of the molecule is Cc1ccccc1C(C)NC(=O)COc1ccccc1[N+](=O)[O-]. The first-order chi connectivity index (χ1) is 11.0. The molecule has 0 fully saturated rings. The molecule has 0 aliphatic heterocycles. The van der Waals surface area contributed by atoms with Gasteiger partial charge in [0.2, 0.25) is 0 Å². The standard InChI is InChI=1S/C17H18N2O4/c1-12-7-3-4-8-14(12)13(2)18-17(20)11-23-16-10-6-5-9-15(16)19(21)22/h3-10,13H,11H2,1-2H3,(H,18,20). The summed E-state index contributed by atoms with van der Waals surface area (Å²) in [6.45, 7) is 3.58. The van der Waals surface area contributed by atoms with E-state index in [9.17, 15) is 14.9 Å².